The zero-order chi connectivity index (χ0) is 48.7. The number of esters is 2. The predicted octanol–water partition coefficient (Wildman–Crippen LogP) is 8.58. The Bertz CT molecular complexity index is 1580. The van der Waals surface area contributed by atoms with Gasteiger partial charge in [0.25, 0.3) is 0 Å². The van der Waals surface area contributed by atoms with E-state index in [9.17, 15) is 49.7 Å². The van der Waals surface area contributed by atoms with Gasteiger partial charge in [0, 0.05) is 12.8 Å². The van der Waals surface area contributed by atoms with E-state index in [1.165, 1.54) is 44.6 Å². The van der Waals surface area contributed by atoms with E-state index in [1.54, 1.807) is 12.2 Å². The maximum Gasteiger partial charge on any atom is 0.472 e. The van der Waals surface area contributed by atoms with Gasteiger partial charge >= 0.3 is 19.8 Å². The largest absolute Gasteiger partial charge is 0.472 e. The second kappa shape index (κ2) is 39.5. The lowest BCUT2D eigenvalue weighted by Gasteiger charge is -2.41. The van der Waals surface area contributed by atoms with Gasteiger partial charge in [0.15, 0.2) is 6.10 Å². The fourth-order valence-corrected chi connectivity index (χ4v) is 7.33. The van der Waals surface area contributed by atoms with Gasteiger partial charge in [-0.25, -0.2) is 4.57 Å². The van der Waals surface area contributed by atoms with Crippen LogP contribution in [0, 0.1) is 0 Å². The predicted molar refractivity (Wildman–Crippen MR) is 259 cm³/mol. The molecule has 0 amide bonds. The van der Waals surface area contributed by atoms with E-state index in [2.05, 4.69) is 80.7 Å². The molecular weight excluding hydrogens is 868 g/mol. The zero-order valence-corrected chi connectivity index (χ0v) is 40.2. The van der Waals surface area contributed by atoms with Crippen LogP contribution in [-0.4, -0.2) is 110 Å². The number of rotatable bonds is 37. The van der Waals surface area contributed by atoms with Gasteiger partial charge in [0.2, 0.25) is 0 Å². The average molecular weight is 949 g/mol. The molecule has 0 aromatic rings. The van der Waals surface area contributed by atoms with E-state index in [-0.39, 0.29) is 19.3 Å². The zero-order valence-electron chi connectivity index (χ0n) is 39.3. The van der Waals surface area contributed by atoms with Crippen LogP contribution in [0.5, 0.6) is 0 Å². The highest BCUT2D eigenvalue weighted by molar-refractivity contribution is 7.47. The summed E-state index contributed by atoms with van der Waals surface area (Å²) in [6.07, 6.45) is 37.5. The van der Waals surface area contributed by atoms with Gasteiger partial charge in [-0.3, -0.25) is 18.6 Å². The summed E-state index contributed by atoms with van der Waals surface area (Å²) in [4.78, 5) is 35.7. The fourth-order valence-electron chi connectivity index (χ4n) is 6.35. The van der Waals surface area contributed by atoms with E-state index in [1.807, 2.05) is 24.3 Å². The van der Waals surface area contributed by atoms with Crippen LogP contribution in [0.4, 0.5) is 0 Å². The van der Waals surface area contributed by atoms with Gasteiger partial charge in [0.1, 0.15) is 43.2 Å². The summed E-state index contributed by atoms with van der Waals surface area (Å²) in [5, 5.41) is 60.6. The summed E-state index contributed by atoms with van der Waals surface area (Å²) in [7, 11) is -5.21. The van der Waals surface area contributed by atoms with Crippen molar-refractivity contribution in [3.05, 3.63) is 109 Å². The molecule has 0 spiro atoms. The Labute approximate surface area is 394 Å². The molecule has 9 atom stereocenters. The van der Waals surface area contributed by atoms with E-state index >= 15 is 0 Å². The first kappa shape index (κ1) is 60.5. The quantitative estimate of drug-likeness (QED) is 0.0102. The summed E-state index contributed by atoms with van der Waals surface area (Å²) < 4.78 is 33.3. The molecular formula is C51H81O14P. The average Bonchev–Trinajstić information content (AvgIpc) is 3.30. The maximum atomic E-state index is 12.8. The molecule has 1 saturated carbocycles. The summed E-state index contributed by atoms with van der Waals surface area (Å²) >= 11 is 0. The van der Waals surface area contributed by atoms with Gasteiger partial charge in [-0.15, -0.1) is 0 Å². The first-order valence-electron chi connectivity index (χ1n) is 23.8. The minimum atomic E-state index is -5.21. The van der Waals surface area contributed by atoms with Crippen LogP contribution >= 0.6 is 7.82 Å². The highest BCUT2D eigenvalue weighted by atomic mass is 31.2. The van der Waals surface area contributed by atoms with Crippen LogP contribution in [0.3, 0.4) is 0 Å². The Morgan fingerprint density at radius 3 is 1.61 bits per heavy atom. The van der Waals surface area contributed by atoms with Crippen molar-refractivity contribution >= 4 is 19.8 Å². The third-order valence-electron chi connectivity index (χ3n) is 10.2. The molecule has 0 radical (unpaired) electrons. The molecule has 0 aromatic heterocycles. The van der Waals surface area contributed by atoms with Crippen LogP contribution < -0.4 is 0 Å². The van der Waals surface area contributed by atoms with Gasteiger partial charge in [-0.2, -0.15) is 0 Å². The van der Waals surface area contributed by atoms with Gasteiger partial charge in [0.05, 0.1) is 12.7 Å². The van der Waals surface area contributed by atoms with Gasteiger partial charge in [-0.05, 0) is 77.0 Å². The Kier molecular flexibility index (Phi) is 36.2. The molecule has 66 heavy (non-hydrogen) atoms. The molecule has 15 heteroatoms. The number of carbonyl (C=O) groups excluding carboxylic acids is 2. The first-order valence-corrected chi connectivity index (χ1v) is 25.3. The minimum Gasteiger partial charge on any atom is -0.462 e. The van der Waals surface area contributed by atoms with Crippen molar-refractivity contribution in [2.45, 2.75) is 185 Å². The second-order valence-corrected chi connectivity index (χ2v) is 17.5. The monoisotopic (exact) mass is 949 g/mol. The Hall–Kier alpha value is -3.53. The van der Waals surface area contributed by atoms with Crippen LogP contribution in [-0.2, 0) is 32.7 Å². The summed E-state index contributed by atoms with van der Waals surface area (Å²) in [5.41, 5.74) is 0. The Morgan fingerprint density at radius 1 is 0.561 bits per heavy atom. The number of hydrogen-bond acceptors (Lipinski definition) is 13. The van der Waals surface area contributed by atoms with Crippen molar-refractivity contribution in [3.8, 4) is 0 Å². The number of carbonyl (C=O) groups is 2. The Morgan fingerprint density at radius 2 is 1.05 bits per heavy atom. The van der Waals surface area contributed by atoms with Crippen molar-refractivity contribution in [2.24, 2.45) is 0 Å². The smallest absolute Gasteiger partial charge is 0.462 e. The third kappa shape index (κ3) is 31.4. The number of phosphoric acid groups is 1. The number of phosphoric ester groups is 1. The van der Waals surface area contributed by atoms with Crippen molar-refractivity contribution in [2.75, 3.05) is 13.2 Å². The molecule has 0 bridgehead atoms. The molecule has 0 saturated heterocycles. The number of aliphatic hydroxyl groups is 6. The molecule has 1 rings (SSSR count). The van der Waals surface area contributed by atoms with Crippen LogP contribution in [0.15, 0.2) is 109 Å². The highest BCUT2D eigenvalue weighted by Gasteiger charge is 2.51. The molecule has 0 heterocycles. The number of unbranched alkanes of at least 4 members (excludes halogenated alkanes) is 7. The van der Waals surface area contributed by atoms with Gasteiger partial charge in [-0.1, -0.05) is 155 Å². The molecule has 1 aliphatic rings. The lowest BCUT2D eigenvalue weighted by Crippen LogP contribution is -2.64. The molecule has 4 unspecified atom stereocenters. The van der Waals surface area contributed by atoms with E-state index in [4.69, 9.17) is 18.5 Å². The van der Waals surface area contributed by atoms with Crippen LogP contribution in [0.25, 0.3) is 0 Å². The van der Waals surface area contributed by atoms with Gasteiger partial charge < -0.3 is 45.0 Å². The molecule has 7 N–H and O–H groups in total. The molecule has 374 valence electrons. The lowest BCUT2D eigenvalue weighted by molar-refractivity contribution is -0.220. The first-order chi connectivity index (χ1) is 31.8. The van der Waals surface area contributed by atoms with Crippen molar-refractivity contribution in [1.82, 2.24) is 0 Å². The molecule has 1 aliphatic carbocycles. The molecule has 14 nitrogen and oxygen atoms in total. The van der Waals surface area contributed by atoms with E-state index in [0.717, 1.165) is 44.9 Å². The fraction of sp³-hybridized carbons (Fsp3) is 0.608. The van der Waals surface area contributed by atoms with Crippen LogP contribution in [0.1, 0.15) is 136 Å². The molecule has 0 aliphatic heterocycles. The molecule has 1 fully saturated rings. The third-order valence-corrected chi connectivity index (χ3v) is 11.2. The number of aliphatic hydroxyl groups excluding tert-OH is 6. The SMILES string of the molecule is CC/C=C\C/C=C\C/C=C\C/C=C\C/C=C\C=C/C(O)CCC(=O)O[C@H](COC(=O)CCC/C=C\C/C=C\C/C=C\CCCCCCCC)COP(=O)(O)OC1[C@H](O)[C@H](O)C(O)[C@H](O)[C@H]1O. The topological polar surface area (TPSA) is 230 Å². The summed E-state index contributed by atoms with van der Waals surface area (Å²) in [5.74, 6) is -1.46. The lowest BCUT2D eigenvalue weighted by atomic mass is 9.85. The standard InChI is InChI=1S/C51H81O14P/c1-3-5-7-9-11-13-15-17-19-21-23-25-27-29-31-33-35-37-44(53)62-40-43(41-63-66(60,61)65-51-49(58)47(56)46(55)48(57)50(51)59)64-45(54)39-38-42(52)36-34-32-30-28-26-24-22-20-18-16-14-12-10-8-6-4-2/h6,8,12,14,17-20,23-26,29-32,34,36,42-43,46-52,55-59H,3-5,7,9-11,13,15-16,21-22,27-28,33,35,37-41H2,1-2H3,(H,60,61)/b8-6-,14-12-,19-17-,20-18-,25-23-,26-24-,31-29-,32-30-,36-34-/t42?,43-,46?,47-,48+,49-,50-,51?/m1/s1. The van der Waals surface area contributed by atoms with E-state index in [0.29, 0.717) is 19.3 Å². The number of hydrogen-bond donors (Lipinski definition) is 7. The molecule has 0 aromatic carbocycles. The maximum absolute atomic E-state index is 12.8. The number of ether oxygens (including phenoxy) is 2. The summed E-state index contributed by atoms with van der Waals surface area (Å²) in [6.45, 7) is 2.92. The minimum absolute atomic E-state index is 0.0252. The van der Waals surface area contributed by atoms with Crippen LogP contribution in [0.2, 0.25) is 0 Å². The normalized spacial score (nSPS) is 22.7. The number of allylic oxidation sites excluding steroid dienone is 17. The Balaban J connectivity index is 2.61. The van der Waals surface area contributed by atoms with Crippen molar-refractivity contribution < 1.29 is 68.2 Å². The van der Waals surface area contributed by atoms with E-state index < -0.39 is 81.8 Å². The summed E-state index contributed by atoms with van der Waals surface area (Å²) in [6, 6.07) is 0. The second-order valence-electron chi connectivity index (χ2n) is 16.1. The van der Waals surface area contributed by atoms with Crippen molar-refractivity contribution in [1.29, 1.82) is 0 Å². The van der Waals surface area contributed by atoms with Crippen molar-refractivity contribution in [3.63, 3.8) is 0 Å². The highest BCUT2D eigenvalue weighted by Crippen LogP contribution is 2.47.